The van der Waals surface area contributed by atoms with E-state index in [-0.39, 0.29) is 5.75 Å². The van der Waals surface area contributed by atoms with Gasteiger partial charge in [-0.1, -0.05) is 12.1 Å². The van der Waals surface area contributed by atoms with Gasteiger partial charge in [-0.15, -0.1) is 0 Å². The maximum absolute atomic E-state index is 13.4. The minimum atomic E-state index is -0.472. The fourth-order valence-corrected chi connectivity index (χ4v) is 1.82. The predicted octanol–water partition coefficient (Wildman–Crippen LogP) is 3.04. The Balaban J connectivity index is 2.09. The zero-order valence-electron chi connectivity index (χ0n) is 11.4. The van der Waals surface area contributed by atoms with Gasteiger partial charge in [0, 0.05) is 18.7 Å². The molecule has 0 aliphatic heterocycles. The third-order valence-electron chi connectivity index (χ3n) is 2.97. The lowest BCUT2D eigenvalue weighted by atomic mass is 10.2. The van der Waals surface area contributed by atoms with Crippen LogP contribution in [-0.2, 0) is 6.54 Å². The Hall–Kier alpha value is -2.43. The molecule has 0 saturated carbocycles. The molecule has 0 fully saturated rings. The number of nitrogens with one attached hydrogen (secondary N) is 1. The summed E-state index contributed by atoms with van der Waals surface area (Å²) < 4.78 is 23.5. The summed E-state index contributed by atoms with van der Waals surface area (Å²) in [5.41, 5.74) is 7.82. The highest BCUT2D eigenvalue weighted by Crippen LogP contribution is 2.28. The molecule has 2 aromatic rings. The molecule has 0 aromatic heterocycles. The smallest absolute Gasteiger partial charge is 0.167 e. The van der Waals surface area contributed by atoms with E-state index in [1.165, 1.54) is 13.2 Å². The standard InChI is InChI=1S/C15H17FN2O2/c1-19-11-5-3-10(4-6-11)9-18-14-8-15(20-2)12(16)7-13(14)17/h3-8,18H,9,17H2,1-2H3. The van der Waals surface area contributed by atoms with Crippen LogP contribution in [0.25, 0.3) is 0 Å². The fraction of sp³-hybridized carbons (Fsp3) is 0.200. The molecule has 20 heavy (non-hydrogen) atoms. The van der Waals surface area contributed by atoms with E-state index in [1.54, 1.807) is 13.2 Å². The second-order valence-electron chi connectivity index (χ2n) is 4.28. The number of methoxy groups -OCH3 is 2. The summed E-state index contributed by atoms with van der Waals surface area (Å²) in [6.07, 6.45) is 0. The zero-order chi connectivity index (χ0) is 14.5. The van der Waals surface area contributed by atoms with Crippen LogP contribution < -0.4 is 20.5 Å². The summed E-state index contributed by atoms with van der Waals surface area (Å²) in [5, 5.41) is 3.16. The third kappa shape index (κ3) is 3.12. The van der Waals surface area contributed by atoms with Crippen LogP contribution >= 0.6 is 0 Å². The second-order valence-corrected chi connectivity index (χ2v) is 4.28. The summed E-state index contributed by atoms with van der Waals surface area (Å²) in [6.45, 7) is 0.572. The van der Waals surface area contributed by atoms with Crippen LogP contribution in [0.4, 0.5) is 15.8 Å². The van der Waals surface area contributed by atoms with Crippen LogP contribution in [0.1, 0.15) is 5.56 Å². The lowest BCUT2D eigenvalue weighted by molar-refractivity contribution is 0.387. The molecule has 0 saturated heterocycles. The van der Waals surface area contributed by atoms with Crippen LogP contribution in [0.2, 0.25) is 0 Å². The molecule has 0 radical (unpaired) electrons. The maximum atomic E-state index is 13.4. The number of rotatable bonds is 5. The molecular weight excluding hydrogens is 259 g/mol. The molecule has 106 valence electrons. The molecular formula is C15H17FN2O2. The first-order chi connectivity index (χ1) is 9.63. The minimum absolute atomic E-state index is 0.163. The SMILES string of the molecule is COc1ccc(CNc2cc(OC)c(F)cc2N)cc1. The molecule has 5 heteroatoms. The monoisotopic (exact) mass is 276 g/mol. The zero-order valence-corrected chi connectivity index (χ0v) is 11.4. The van der Waals surface area contributed by atoms with Gasteiger partial charge in [0.05, 0.1) is 25.6 Å². The fourth-order valence-electron chi connectivity index (χ4n) is 1.82. The lowest BCUT2D eigenvalue weighted by Gasteiger charge is -2.12. The lowest BCUT2D eigenvalue weighted by Crippen LogP contribution is -2.04. The molecule has 0 aliphatic rings. The highest BCUT2D eigenvalue weighted by molar-refractivity contribution is 5.68. The average molecular weight is 276 g/mol. The van der Waals surface area contributed by atoms with Crippen molar-refractivity contribution in [3.8, 4) is 11.5 Å². The summed E-state index contributed by atoms with van der Waals surface area (Å²) in [4.78, 5) is 0. The highest BCUT2D eigenvalue weighted by Gasteiger charge is 2.08. The van der Waals surface area contributed by atoms with E-state index in [0.717, 1.165) is 11.3 Å². The molecule has 4 nitrogen and oxygen atoms in total. The van der Waals surface area contributed by atoms with Gasteiger partial charge in [0.15, 0.2) is 11.6 Å². The van der Waals surface area contributed by atoms with Crippen molar-refractivity contribution in [3.63, 3.8) is 0 Å². The van der Waals surface area contributed by atoms with Gasteiger partial charge in [-0.25, -0.2) is 4.39 Å². The van der Waals surface area contributed by atoms with Gasteiger partial charge >= 0.3 is 0 Å². The van der Waals surface area contributed by atoms with Crippen molar-refractivity contribution in [2.45, 2.75) is 6.54 Å². The Morgan fingerprint density at radius 3 is 2.40 bits per heavy atom. The highest BCUT2D eigenvalue weighted by atomic mass is 19.1. The van der Waals surface area contributed by atoms with E-state index in [0.29, 0.717) is 17.9 Å². The Morgan fingerprint density at radius 2 is 1.80 bits per heavy atom. The molecule has 0 spiro atoms. The van der Waals surface area contributed by atoms with Crippen LogP contribution in [0, 0.1) is 5.82 Å². The molecule has 0 bridgehead atoms. The topological polar surface area (TPSA) is 56.5 Å². The number of halogens is 1. The number of nitrogen functional groups attached to an aromatic ring is 1. The number of anilines is 2. The quantitative estimate of drug-likeness (QED) is 0.824. The molecule has 0 amide bonds. The second kappa shape index (κ2) is 6.14. The van der Waals surface area contributed by atoms with Crippen molar-refractivity contribution < 1.29 is 13.9 Å². The number of nitrogens with two attached hydrogens (primary N) is 1. The molecule has 3 N–H and O–H groups in total. The van der Waals surface area contributed by atoms with Gasteiger partial charge in [-0.2, -0.15) is 0 Å². The Labute approximate surface area is 117 Å². The Morgan fingerprint density at radius 1 is 1.10 bits per heavy atom. The predicted molar refractivity (Wildman–Crippen MR) is 77.7 cm³/mol. The first-order valence-electron chi connectivity index (χ1n) is 6.14. The van der Waals surface area contributed by atoms with Gasteiger partial charge < -0.3 is 20.5 Å². The van der Waals surface area contributed by atoms with Crippen molar-refractivity contribution in [2.24, 2.45) is 0 Å². The number of benzene rings is 2. The molecule has 0 unspecified atom stereocenters. The summed E-state index contributed by atoms with van der Waals surface area (Å²) in [6, 6.07) is 10.5. The number of hydrogen-bond acceptors (Lipinski definition) is 4. The number of ether oxygens (including phenoxy) is 2. The van der Waals surface area contributed by atoms with Crippen molar-refractivity contribution >= 4 is 11.4 Å². The Bertz CT molecular complexity index is 585. The normalized spacial score (nSPS) is 10.2. The van der Waals surface area contributed by atoms with Crippen molar-refractivity contribution in [2.75, 3.05) is 25.3 Å². The summed E-state index contributed by atoms with van der Waals surface area (Å²) in [7, 11) is 3.04. The largest absolute Gasteiger partial charge is 0.497 e. The van der Waals surface area contributed by atoms with Crippen LogP contribution in [0.5, 0.6) is 11.5 Å². The van der Waals surface area contributed by atoms with Gasteiger partial charge in [-0.3, -0.25) is 0 Å². The van der Waals surface area contributed by atoms with Crippen molar-refractivity contribution in [3.05, 3.63) is 47.8 Å². The van der Waals surface area contributed by atoms with E-state index < -0.39 is 5.82 Å². The van der Waals surface area contributed by atoms with E-state index in [1.807, 2.05) is 24.3 Å². The van der Waals surface area contributed by atoms with Gasteiger partial charge in [0.1, 0.15) is 5.75 Å². The van der Waals surface area contributed by atoms with E-state index in [2.05, 4.69) is 5.32 Å². The van der Waals surface area contributed by atoms with E-state index in [9.17, 15) is 4.39 Å². The molecule has 0 aliphatic carbocycles. The average Bonchev–Trinajstić information content (AvgIpc) is 2.47. The first kappa shape index (κ1) is 14.0. The van der Waals surface area contributed by atoms with Gasteiger partial charge in [-0.05, 0) is 17.7 Å². The summed E-state index contributed by atoms with van der Waals surface area (Å²) in [5.74, 6) is 0.494. The maximum Gasteiger partial charge on any atom is 0.167 e. The van der Waals surface area contributed by atoms with Gasteiger partial charge in [0.25, 0.3) is 0 Å². The third-order valence-corrected chi connectivity index (χ3v) is 2.97. The van der Waals surface area contributed by atoms with E-state index in [4.69, 9.17) is 15.2 Å². The van der Waals surface area contributed by atoms with E-state index >= 15 is 0 Å². The molecule has 2 rings (SSSR count). The van der Waals surface area contributed by atoms with Crippen molar-refractivity contribution in [1.29, 1.82) is 0 Å². The van der Waals surface area contributed by atoms with Crippen LogP contribution in [0.3, 0.4) is 0 Å². The minimum Gasteiger partial charge on any atom is -0.497 e. The summed E-state index contributed by atoms with van der Waals surface area (Å²) >= 11 is 0. The first-order valence-corrected chi connectivity index (χ1v) is 6.14. The number of hydrogen-bond donors (Lipinski definition) is 2. The van der Waals surface area contributed by atoms with Crippen LogP contribution in [0.15, 0.2) is 36.4 Å². The molecule has 0 atom stereocenters. The molecule has 2 aromatic carbocycles. The Kier molecular flexibility index (Phi) is 4.30. The van der Waals surface area contributed by atoms with Gasteiger partial charge in [0.2, 0.25) is 0 Å². The van der Waals surface area contributed by atoms with Crippen molar-refractivity contribution in [1.82, 2.24) is 0 Å². The van der Waals surface area contributed by atoms with Crippen LogP contribution in [-0.4, -0.2) is 14.2 Å². The molecule has 0 heterocycles.